The number of aryl methyl sites for hydroxylation is 1. The lowest BCUT2D eigenvalue weighted by molar-refractivity contribution is -0.143. The minimum Gasteiger partial charge on any atom is -0.366 e. The Morgan fingerprint density at radius 1 is 0.933 bits per heavy atom. The molecule has 0 saturated carbocycles. The van der Waals surface area contributed by atoms with E-state index in [0.29, 0.717) is 29.1 Å². The molecular formula is C20H20ClF6N3. The van der Waals surface area contributed by atoms with E-state index in [1.54, 1.807) is 19.3 Å². The minimum absolute atomic E-state index is 0.0964. The van der Waals surface area contributed by atoms with E-state index in [9.17, 15) is 26.3 Å². The zero-order valence-electron chi connectivity index (χ0n) is 16.7. The molecule has 0 N–H and O–H groups in total. The second-order valence-corrected chi connectivity index (χ2v) is 7.14. The molecule has 10 heteroatoms. The summed E-state index contributed by atoms with van der Waals surface area (Å²) in [6, 6.07) is 4.52. The maximum atomic E-state index is 13.2. The Labute approximate surface area is 175 Å². The van der Waals surface area contributed by atoms with Gasteiger partial charge < -0.3 is 9.80 Å². The van der Waals surface area contributed by atoms with E-state index in [4.69, 9.17) is 11.6 Å². The minimum atomic E-state index is -4.92. The molecule has 0 bridgehead atoms. The molecule has 164 valence electrons. The summed E-state index contributed by atoms with van der Waals surface area (Å²) in [6.07, 6.45) is -8.27. The number of hydrogen-bond acceptors (Lipinski definition) is 2. The largest absolute Gasteiger partial charge is 0.416 e. The lowest BCUT2D eigenvalue weighted by atomic mass is 10.1. The van der Waals surface area contributed by atoms with Gasteiger partial charge in [-0.15, -0.1) is 0 Å². The van der Waals surface area contributed by atoms with Crippen LogP contribution in [0.1, 0.15) is 23.6 Å². The van der Waals surface area contributed by atoms with E-state index in [1.807, 2.05) is 18.9 Å². The number of anilines is 2. The molecule has 2 aromatic rings. The smallest absolute Gasteiger partial charge is 0.366 e. The predicted molar refractivity (Wildman–Crippen MR) is 107 cm³/mol. The first-order chi connectivity index (χ1) is 13.7. The van der Waals surface area contributed by atoms with Crippen molar-refractivity contribution in [2.75, 3.05) is 25.5 Å². The average molecular weight is 452 g/mol. The lowest BCUT2D eigenvalue weighted by Gasteiger charge is -2.24. The standard InChI is InChI=1S/C20H20ClF6N3/c1-5-29(3)11-28-17-6-12(2)18(10-16(17)21)30(4)15-8-13(19(22,23)24)7-14(9-15)20(25,26)27/h6-11H,5H2,1-4H3. The van der Waals surface area contributed by atoms with Gasteiger partial charge in [-0.1, -0.05) is 11.6 Å². The van der Waals surface area contributed by atoms with Crippen LogP contribution in [0.25, 0.3) is 0 Å². The van der Waals surface area contributed by atoms with Crippen LogP contribution < -0.4 is 4.90 Å². The molecule has 0 saturated heterocycles. The molecular weight excluding hydrogens is 432 g/mol. The van der Waals surface area contributed by atoms with Crippen LogP contribution in [0, 0.1) is 6.92 Å². The van der Waals surface area contributed by atoms with Crippen molar-refractivity contribution in [3.05, 3.63) is 52.0 Å². The highest BCUT2D eigenvalue weighted by molar-refractivity contribution is 6.33. The van der Waals surface area contributed by atoms with Crippen LogP contribution in [0.3, 0.4) is 0 Å². The van der Waals surface area contributed by atoms with Crippen molar-refractivity contribution in [3.63, 3.8) is 0 Å². The number of nitrogens with zero attached hydrogens (tertiary/aromatic N) is 3. The van der Waals surface area contributed by atoms with Crippen LogP contribution in [-0.4, -0.2) is 31.9 Å². The Kier molecular flexibility index (Phi) is 6.96. The topological polar surface area (TPSA) is 18.8 Å². The Balaban J connectivity index is 2.53. The highest BCUT2D eigenvalue weighted by Gasteiger charge is 2.37. The molecule has 0 spiro atoms. The zero-order chi connectivity index (χ0) is 22.9. The molecule has 0 aliphatic heterocycles. The first-order valence-electron chi connectivity index (χ1n) is 8.81. The van der Waals surface area contributed by atoms with Gasteiger partial charge in [0.05, 0.1) is 28.2 Å². The third-order valence-electron chi connectivity index (χ3n) is 4.48. The third-order valence-corrected chi connectivity index (χ3v) is 4.78. The maximum Gasteiger partial charge on any atom is 0.416 e. The summed E-state index contributed by atoms with van der Waals surface area (Å²) >= 11 is 6.25. The van der Waals surface area contributed by atoms with Gasteiger partial charge in [-0.3, -0.25) is 0 Å². The van der Waals surface area contributed by atoms with E-state index in [2.05, 4.69) is 4.99 Å². The maximum absolute atomic E-state index is 13.2. The molecule has 0 atom stereocenters. The van der Waals surface area contributed by atoms with Crippen molar-refractivity contribution < 1.29 is 26.3 Å². The van der Waals surface area contributed by atoms with E-state index < -0.39 is 23.5 Å². The van der Waals surface area contributed by atoms with Crippen LogP contribution in [-0.2, 0) is 12.4 Å². The van der Waals surface area contributed by atoms with E-state index in [0.717, 1.165) is 6.54 Å². The van der Waals surface area contributed by atoms with Gasteiger partial charge in [-0.2, -0.15) is 26.3 Å². The van der Waals surface area contributed by atoms with Crippen LogP contribution in [0.5, 0.6) is 0 Å². The van der Waals surface area contributed by atoms with E-state index in [-0.39, 0.29) is 16.8 Å². The molecule has 0 aromatic heterocycles. The van der Waals surface area contributed by atoms with E-state index >= 15 is 0 Å². The fourth-order valence-corrected chi connectivity index (χ4v) is 2.84. The third kappa shape index (κ3) is 5.59. The first-order valence-corrected chi connectivity index (χ1v) is 9.19. The normalized spacial score (nSPS) is 12.5. The Bertz CT molecular complexity index is 905. The molecule has 0 heterocycles. The SMILES string of the molecule is CCN(C)C=Nc1cc(C)c(N(C)c2cc(C(F)(F)F)cc(C(F)(F)F)c2)cc1Cl. The molecule has 2 aromatic carbocycles. The van der Waals surface area contributed by atoms with Crippen LogP contribution in [0.2, 0.25) is 5.02 Å². The molecule has 0 radical (unpaired) electrons. The Morgan fingerprint density at radius 2 is 1.47 bits per heavy atom. The highest BCUT2D eigenvalue weighted by atomic mass is 35.5. The van der Waals surface area contributed by atoms with Crippen LogP contribution in [0.4, 0.5) is 43.4 Å². The molecule has 0 fully saturated rings. The quantitative estimate of drug-likeness (QED) is 0.275. The van der Waals surface area contributed by atoms with E-state index in [1.165, 1.54) is 18.0 Å². The number of halogens is 7. The Hall–Kier alpha value is -2.42. The van der Waals surface area contributed by atoms with Crippen molar-refractivity contribution in [1.29, 1.82) is 0 Å². The summed E-state index contributed by atoms with van der Waals surface area (Å²) in [4.78, 5) is 7.30. The molecule has 0 aliphatic carbocycles. The van der Waals surface area contributed by atoms with Crippen molar-refractivity contribution >= 4 is 35.0 Å². The number of rotatable bonds is 5. The number of benzene rings is 2. The second kappa shape index (κ2) is 8.75. The van der Waals surface area contributed by atoms with Crippen LogP contribution in [0.15, 0.2) is 35.3 Å². The monoisotopic (exact) mass is 451 g/mol. The number of alkyl halides is 6. The van der Waals surface area contributed by atoms with Gasteiger partial charge in [0, 0.05) is 32.0 Å². The fourth-order valence-electron chi connectivity index (χ4n) is 2.63. The Morgan fingerprint density at radius 3 is 1.93 bits per heavy atom. The predicted octanol–water partition coefficient (Wildman–Crippen LogP) is 7.07. The number of hydrogen-bond donors (Lipinski definition) is 0. The van der Waals surface area contributed by atoms with Gasteiger partial charge in [-0.25, -0.2) is 4.99 Å². The second-order valence-electron chi connectivity index (χ2n) is 6.73. The summed E-state index contributed by atoms with van der Waals surface area (Å²) < 4.78 is 78.9. The summed E-state index contributed by atoms with van der Waals surface area (Å²) in [5.41, 5.74) is -1.65. The first kappa shape index (κ1) is 23.9. The molecule has 3 nitrogen and oxygen atoms in total. The van der Waals surface area contributed by atoms with Gasteiger partial charge in [0.2, 0.25) is 0 Å². The zero-order valence-corrected chi connectivity index (χ0v) is 17.4. The fraction of sp³-hybridized carbons (Fsp3) is 0.350. The molecule has 0 amide bonds. The van der Waals surface area contributed by atoms with Gasteiger partial charge in [0.25, 0.3) is 0 Å². The van der Waals surface area contributed by atoms with Crippen molar-refractivity contribution in [1.82, 2.24) is 4.90 Å². The summed E-state index contributed by atoms with van der Waals surface area (Å²) in [7, 11) is 3.19. The summed E-state index contributed by atoms with van der Waals surface area (Å²) in [5.74, 6) is 0. The van der Waals surface area contributed by atoms with Gasteiger partial charge in [0.15, 0.2) is 0 Å². The molecule has 0 unspecified atom stereocenters. The number of aliphatic imine (C=N–C) groups is 1. The van der Waals surface area contributed by atoms with Gasteiger partial charge in [0.1, 0.15) is 0 Å². The van der Waals surface area contributed by atoms with Crippen molar-refractivity contribution in [3.8, 4) is 0 Å². The van der Waals surface area contributed by atoms with Crippen LogP contribution >= 0.6 is 11.6 Å². The highest BCUT2D eigenvalue weighted by Crippen LogP contribution is 2.41. The molecule has 0 aliphatic rings. The van der Waals surface area contributed by atoms with Gasteiger partial charge in [-0.05, 0) is 49.7 Å². The summed E-state index contributed by atoms with van der Waals surface area (Å²) in [5, 5.41) is 0.214. The molecule has 30 heavy (non-hydrogen) atoms. The summed E-state index contributed by atoms with van der Waals surface area (Å²) in [6.45, 7) is 4.32. The van der Waals surface area contributed by atoms with Gasteiger partial charge >= 0.3 is 12.4 Å². The van der Waals surface area contributed by atoms with Crippen molar-refractivity contribution in [2.45, 2.75) is 26.2 Å². The molecule has 2 rings (SSSR count). The average Bonchev–Trinajstić information content (AvgIpc) is 2.65. The lowest BCUT2D eigenvalue weighted by Crippen LogP contribution is -2.16. The van der Waals surface area contributed by atoms with Crippen molar-refractivity contribution in [2.24, 2.45) is 4.99 Å².